The van der Waals surface area contributed by atoms with Gasteiger partial charge in [0.1, 0.15) is 0 Å². The summed E-state index contributed by atoms with van der Waals surface area (Å²) in [6, 6.07) is 13.4. The molecule has 0 fully saturated rings. The van der Waals surface area contributed by atoms with E-state index in [2.05, 4.69) is 10.6 Å². The number of carbonyl (C=O) groups is 2. The third-order valence-corrected chi connectivity index (χ3v) is 3.55. The van der Waals surface area contributed by atoms with Crippen molar-refractivity contribution in [3.8, 4) is 0 Å². The Balaban J connectivity index is 1.97. The predicted octanol–water partition coefficient (Wildman–Crippen LogP) is 3.17. The minimum atomic E-state index is -0.352. The molecule has 0 spiro atoms. The molecule has 2 aromatic carbocycles. The Morgan fingerprint density at radius 2 is 1.71 bits per heavy atom. The van der Waals surface area contributed by atoms with Crippen molar-refractivity contribution in [1.82, 2.24) is 10.2 Å². The molecule has 0 heterocycles. The maximum Gasteiger partial charge on any atom is 0.257 e. The lowest BCUT2D eigenvalue weighted by Gasteiger charge is -2.12. The topological polar surface area (TPSA) is 61.4 Å². The van der Waals surface area contributed by atoms with E-state index in [4.69, 9.17) is 23.8 Å². The minimum absolute atomic E-state index is 0.0848. The van der Waals surface area contributed by atoms with Gasteiger partial charge in [-0.15, -0.1) is 0 Å². The molecular formula is C17H16ClN3O2S. The van der Waals surface area contributed by atoms with E-state index < -0.39 is 0 Å². The molecule has 5 nitrogen and oxygen atoms in total. The second-order valence-electron chi connectivity index (χ2n) is 5.20. The standard InChI is InChI=1S/C17H16ClN3O2S/c1-21(2)16(23)11-6-8-14(9-7-11)19-17(24)20-15(22)12-4-3-5-13(18)10-12/h3-10H,1-2H3,(H2,19,20,22,24). The van der Waals surface area contributed by atoms with Crippen LogP contribution >= 0.6 is 23.8 Å². The number of amides is 2. The highest BCUT2D eigenvalue weighted by molar-refractivity contribution is 7.80. The summed E-state index contributed by atoms with van der Waals surface area (Å²) in [5.41, 5.74) is 1.65. The lowest BCUT2D eigenvalue weighted by molar-refractivity contribution is 0.0827. The Morgan fingerprint density at radius 3 is 2.29 bits per heavy atom. The van der Waals surface area contributed by atoms with Crippen LogP contribution in [-0.4, -0.2) is 35.9 Å². The van der Waals surface area contributed by atoms with Gasteiger partial charge < -0.3 is 10.2 Å². The van der Waals surface area contributed by atoms with E-state index in [1.54, 1.807) is 62.6 Å². The van der Waals surface area contributed by atoms with Crippen LogP contribution < -0.4 is 10.6 Å². The third kappa shape index (κ3) is 4.78. The van der Waals surface area contributed by atoms with Gasteiger partial charge in [0, 0.05) is 35.9 Å². The van der Waals surface area contributed by atoms with E-state index in [0.29, 0.717) is 21.8 Å². The Hall–Kier alpha value is -2.44. The first-order chi connectivity index (χ1) is 11.4. The molecule has 0 saturated carbocycles. The second-order valence-corrected chi connectivity index (χ2v) is 6.04. The fourth-order valence-corrected chi connectivity index (χ4v) is 2.32. The average Bonchev–Trinajstić information content (AvgIpc) is 2.54. The van der Waals surface area contributed by atoms with Crippen molar-refractivity contribution >= 4 is 46.4 Å². The van der Waals surface area contributed by atoms with Gasteiger partial charge in [-0.1, -0.05) is 17.7 Å². The molecule has 0 aromatic heterocycles. The quantitative estimate of drug-likeness (QED) is 0.824. The molecule has 0 saturated heterocycles. The van der Waals surface area contributed by atoms with Gasteiger partial charge in [-0.3, -0.25) is 14.9 Å². The first-order valence-corrected chi connectivity index (χ1v) is 7.85. The van der Waals surface area contributed by atoms with E-state index in [-0.39, 0.29) is 16.9 Å². The number of nitrogens with one attached hydrogen (secondary N) is 2. The third-order valence-electron chi connectivity index (χ3n) is 3.11. The Kier molecular flexibility index (Phi) is 5.89. The van der Waals surface area contributed by atoms with E-state index in [1.165, 1.54) is 4.90 Å². The van der Waals surface area contributed by atoms with Gasteiger partial charge in [0.25, 0.3) is 11.8 Å². The van der Waals surface area contributed by atoms with Crippen molar-refractivity contribution in [2.45, 2.75) is 0 Å². The number of anilines is 1. The fraction of sp³-hybridized carbons (Fsp3) is 0.118. The molecular weight excluding hydrogens is 346 g/mol. The van der Waals surface area contributed by atoms with E-state index in [9.17, 15) is 9.59 Å². The zero-order chi connectivity index (χ0) is 17.7. The maximum absolute atomic E-state index is 12.1. The van der Waals surface area contributed by atoms with Gasteiger partial charge in [-0.05, 0) is 54.7 Å². The molecule has 0 aliphatic rings. The highest BCUT2D eigenvalue weighted by Crippen LogP contribution is 2.12. The summed E-state index contributed by atoms with van der Waals surface area (Å²) >= 11 is 11.0. The number of nitrogens with zero attached hydrogens (tertiary/aromatic N) is 1. The summed E-state index contributed by atoms with van der Waals surface area (Å²) < 4.78 is 0. The lowest BCUT2D eigenvalue weighted by atomic mass is 10.2. The van der Waals surface area contributed by atoms with Crippen LogP contribution in [0, 0.1) is 0 Å². The number of hydrogen-bond donors (Lipinski definition) is 2. The molecule has 24 heavy (non-hydrogen) atoms. The number of carbonyl (C=O) groups excluding carboxylic acids is 2. The maximum atomic E-state index is 12.1. The Morgan fingerprint density at radius 1 is 1.04 bits per heavy atom. The molecule has 0 radical (unpaired) electrons. The van der Waals surface area contributed by atoms with Crippen LogP contribution in [0.4, 0.5) is 5.69 Å². The summed E-state index contributed by atoms with van der Waals surface area (Å²) in [5, 5.41) is 6.10. The molecule has 2 N–H and O–H groups in total. The van der Waals surface area contributed by atoms with Crippen LogP contribution in [0.25, 0.3) is 0 Å². The van der Waals surface area contributed by atoms with Crippen LogP contribution in [0.5, 0.6) is 0 Å². The second kappa shape index (κ2) is 7.90. The smallest absolute Gasteiger partial charge is 0.257 e. The number of halogens is 1. The zero-order valence-corrected chi connectivity index (χ0v) is 14.7. The molecule has 2 aromatic rings. The van der Waals surface area contributed by atoms with Crippen LogP contribution in [0.2, 0.25) is 5.02 Å². The van der Waals surface area contributed by atoms with Crippen molar-refractivity contribution in [3.63, 3.8) is 0 Å². The lowest BCUT2D eigenvalue weighted by Crippen LogP contribution is -2.34. The van der Waals surface area contributed by atoms with Gasteiger partial charge >= 0.3 is 0 Å². The van der Waals surface area contributed by atoms with Gasteiger partial charge in [0.15, 0.2) is 5.11 Å². The van der Waals surface area contributed by atoms with Crippen LogP contribution in [0.15, 0.2) is 48.5 Å². The van der Waals surface area contributed by atoms with E-state index in [0.717, 1.165) is 0 Å². The molecule has 0 aliphatic heterocycles. The zero-order valence-electron chi connectivity index (χ0n) is 13.2. The van der Waals surface area contributed by atoms with Crippen molar-refractivity contribution < 1.29 is 9.59 Å². The molecule has 0 bridgehead atoms. The molecule has 124 valence electrons. The predicted molar refractivity (Wildman–Crippen MR) is 99.6 cm³/mol. The minimum Gasteiger partial charge on any atom is -0.345 e. The number of hydrogen-bond acceptors (Lipinski definition) is 3. The van der Waals surface area contributed by atoms with Crippen molar-refractivity contribution in [2.75, 3.05) is 19.4 Å². The molecule has 0 unspecified atom stereocenters. The van der Waals surface area contributed by atoms with Gasteiger partial charge in [0.2, 0.25) is 0 Å². The summed E-state index contributed by atoms with van der Waals surface area (Å²) in [4.78, 5) is 25.4. The van der Waals surface area contributed by atoms with Crippen LogP contribution in [0.1, 0.15) is 20.7 Å². The van der Waals surface area contributed by atoms with Crippen molar-refractivity contribution in [2.24, 2.45) is 0 Å². The van der Waals surface area contributed by atoms with E-state index >= 15 is 0 Å². The first-order valence-electron chi connectivity index (χ1n) is 7.06. The van der Waals surface area contributed by atoms with Gasteiger partial charge in [0.05, 0.1) is 0 Å². The van der Waals surface area contributed by atoms with Crippen molar-refractivity contribution in [3.05, 3.63) is 64.7 Å². The Bertz CT molecular complexity index is 776. The summed E-state index contributed by atoms with van der Waals surface area (Å²) in [5.74, 6) is -0.437. The monoisotopic (exact) mass is 361 g/mol. The average molecular weight is 362 g/mol. The highest BCUT2D eigenvalue weighted by atomic mass is 35.5. The normalized spacial score (nSPS) is 9.96. The molecule has 2 rings (SSSR count). The SMILES string of the molecule is CN(C)C(=O)c1ccc(NC(=S)NC(=O)c2cccc(Cl)c2)cc1. The summed E-state index contributed by atoms with van der Waals surface area (Å²) in [7, 11) is 3.38. The van der Waals surface area contributed by atoms with Crippen LogP contribution in [-0.2, 0) is 0 Å². The number of benzene rings is 2. The van der Waals surface area contributed by atoms with Crippen LogP contribution in [0.3, 0.4) is 0 Å². The summed E-state index contributed by atoms with van der Waals surface area (Å²) in [6.07, 6.45) is 0. The fourth-order valence-electron chi connectivity index (χ4n) is 1.92. The molecule has 0 aliphatic carbocycles. The summed E-state index contributed by atoms with van der Waals surface area (Å²) in [6.45, 7) is 0. The van der Waals surface area contributed by atoms with E-state index in [1.807, 2.05) is 0 Å². The van der Waals surface area contributed by atoms with Gasteiger partial charge in [-0.25, -0.2) is 0 Å². The molecule has 0 atom stereocenters. The Labute approximate surface area is 150 Å². The number of rotatable bonds is 3. The first kappa shape index (κ1) is 17.9. The van der Waals surface area contributed by atoms with Crippen molar-refractivity contribution in [1.29, 1.82) is 0 Å². The molecule has 2 amide bonds. The molecule has 7 heteroatoms. The number of thiocarbonyl (C=S) groups is 1. The highest BCUT2D eigenvalue weighted by Gasteiger charge is 2.10. The largest absolute Gasteiger partial charge is 0.345 e. The van der Waals surface area contributed by atoms with Gasteiger partial charge in [-0.2, -0.15) is 0 Å².